The second-order valence-electron chi connectivity index (χ2n) is 12.4. The highest BCUT2D eigenvalue weighted by molar-refractivity contribution is 6.24. The van der Waals surface area contributed by atoms with Crippen molar-refractivity contribution in [1.82, 2.24) is 0 Å². The molecule has 6 aliphatic rings. The summed E-state index contributed by atoms with van der Waals surface area (Å²) >= 11 is 0. The van der Waals surface area contributed by atoms with Crippen molar-refractivity contribution in [2.24, 2.45) is 41.4 Å². The van der Waals surface area contributed by atoms with E-state index in [2.05, 4.69) is 12.2 Å². The molecule has 3 aromatic carbocycles. The molecule has 42 heavy (non-hydrogen) atoms. The number of carbonyl (C=O) groups excluding carboxylic acids is 4. The quantitative estimate of drug-likeness (QED) is 0.316. The number of hydrogen-bond acceptors (Lipinski definition) is 4. The zero-order valence-electron chi connectivity index (χ0n) is 23.4. The Hall–Kier alpha value is -4.58. The van der Waals surface area contributed by atoms with E-state index in [0.29, 0.717) is 17.8 Å². The van der Waals surface area contributed by atoms with Crippen LogP contribution in [-0.4, -0.2) is 23.6 Å². The molecule has 0 spiro atoms. The van der Waals surface area contributed by atoms with Gasteiger partial charge in [-0.25, -0.2) is 4.90 Å². The van der Waals surface area contributed by atoms with Gasteiger partial charge in [-0.1, -0.05) is 72.3 Å². The highest BCUT2D eigenvalue weighted by Crippen LogP contribution is 2.63. The lowest BCUT2D eigenvalue weighted by molar-refractivity contribution is -0.129. The number of fused-ring (bicyclic) bond motifs is 1. The number of benzene rings is 3. The predicted octanol–water partition coefficient (Wildman–Crippen LogP) is 5.50. The fraction of sp³-hybridized carbons (Fsp3) is 0.278. The van der Waals surface area contributed by atoms with Gasteiger partial charge < -0.3 is 0 Å². The van der Waals surface area contributed by atoms with Gasteiger partial charge in [0, 0.05) is 11.8 Å². The van der Waals surface area contributed by atoms with Crippen LogP contribution in [0.5, 0.6) is 0 Å². The Kier molecular flexibility index (Phi) is 5.37. The summed E-state index contributed by atoms with van der Waals surface area (Å²) < 4.78 is 0. The van der Waals surface area contributed by atoms with Gasteiger partial charge in [-0.2, -0.15) is 0 Å². The minimum Gasteiger partial charge on any atom is -0.274 e. The number of anilines is 2. The third kappa shape index (κ3) is 3.32. The summed E-state index contributed by atoms with van der Waals surface area (Å²) in [6, 6.07) is 25.0. The van der Waals surface area contributed by atoms with Crippen molar-refractivity contribution in [1.29, 1.82) is 0 Å². The van der Waals surface area contributed by atoms with Gasteiger partial charge in [0.2, 0.25) is 23.6 Å². The number of imide groups is 2. The van der Waals surface area contributed by atoms with Crippen LogP contribution in [0.25, 0.3) is 5.57 Å². The molecule has 0 radical (unpaired) electrons. The summed E-state index contributed by atoms with van der Waals surface area (Å²) in [4.78, 5) is 59.3. The van der Waals surface area contributed by atoms with Crippen molar-refractivity contribution in [3.63, 3.8) is 0 Å². The molecule has 0 N–H and O–H groups in total. The van der Waals surface area contributed by atoms with Gasteiger partial charge >= 0.3 is 0 Å². The summed E-state index contributed by atoms with van der Waals surface area (Å²) in [6.07, 6.45) is 4.58. The van der Waals surface area contributed by atoms with E-state index >= 15 is 0 Å². The molecule has 3 aromatic rings. The second-order valence-corrected chi connectivity index (χ2v) is 12.4. The van der Waals surface area contributed by atoms with Crippen LogP contribution in [0, 0.1) is 55.3 Å². The summed E-state index contributed by atoms with van der Waals surface area (Å²) in [5, 5.41) is 0. The molecule has 7 atom stereocenters. The van der Waals surface area contributed by atoms with E-state index in [4.69, 9.17) is 0 Å². The van der Waals surface area contributed by atoms with Crippen LogP contribution < -0.4 is 9.80 Å². The average molecular weight is 555 g/mol. The zero-order chi connectivity index (χ0) is 28.9. The molecule has 4 amide bonds. The first-order valence-corrected chi connectivity index (χ1v) is 14.7. The van der Waals surface area contributed by atoms with Crippen LogP contribution in [0.3, 0.4) is 0 Å². The highest BCUT2D eigenvalue weighted by Gasteiger charge is 2.67. The maximum Gasteiger partial charge on any atom is 0.238 e. The van der Waals surface area contributed by atoms with E-state index in [-0.39, 0.29) is 41.4 Å². The first kappa shape index (κ1) is 25.2. The fourth-order valence-electron chi connectivity index (χ4n) is 8.56. The molecule has 0 aromatic heterocycles. The van der Waals surface area contributed by atoms with Gasteiger partial charge in [0.15, 0.2) is 0 Å². The number of carbonyl (C=O) groups is 4. The molecule has 2 heterocycles. The second kappa shape index (κ2) is 8.96. The summed E-state index contributed by atoms with van der Waals surface area (Å²) in [5.74, 6) is -3.90. The summed E-state index contributed by atoms with van der Waals surface area (Å²) in [5.41, 5.74) is 6.25. The van der Waals surface area contributed by atoms with Gasteiger partial charge in [-0.05, 0) is 72.7 Å². The van der Waals surface area contributed by atoms with E-state index in [1.807, 2.05) is 92.7 Å². The number of nitrogens with zero attached hydrogens (tertiary/aromatic N) is 2. The Balaban J connectivity index is 1.29. The van der Waals surface area contributed by atoms with Gasteiger partial charge in [0.1, 0.15) is 0 Å². The van der Waals surface area contributed by atoms with Crippen molar-refractivity contribution in [3.05, 3.63) is 113 Å². The predicted molar refractivity (Wildman–Crippen MR) is 159 cm³/mol. The van der Waals surface area contributed by atoms with Crippen LogP contribution in [0.15, 0.2) is 96.6 Å². The number of hydrogen-bond donors (Lipinski definition) is 0. The minimum atomic E-state index is -0.574. The van der Waals surface area contributed by atoms with Crippen molar-refractivity contribution >= 4 is 40.6 Å². The molecule has 6 heteroatoms. The Morgan fingerprint density at radius 3 is 1.83 bits per heavy atom. The maximum absolute atomic E-state index is 14.3. The number of aryl methyl sites for hydroxylation is 2. The Morgan fingerprint density at radius 1 is 0.595 bits per heavy atom. The van der Waals surface area contributed by atoms with Gasteiger partial charge in [-0.3, -0.25) is 24.1 Å². The van der Waals surface area contributed by atoms with Gasteiger partial charge in [-0.15, -0.1) is 0 Å². The molecule has 2 saturated heterocycles. The number of amides is 4. The summed E-state index contributed by atoms with van der Waals surface area (Å²) in [6.45, 7) is 3.89. The maximum atomic E-state index is 14.3. The van der Waals surface area contributed by atoms with Crippen LogP contribution in [0.1, 0.15) is 23.1 Å². The topological polar surface area (TPSA) is 74.8 Å². The zero-order valence-corrected chi connectivity index (χ0v) is 23.4. The third-order valence-electron chi connectivity index (χ3n) is 10.2. The highest BCUT2D eigenvalue weighted by atomic mass is 16.2. The van der Waals surface area contributed by atoms with Crippen LogP contribution in [-0.2, 0) is 19.2 Å². The molecular formula is C36H30N2O4. The van der Waals surface area contributed by atoms with Gasteiger partial charge in [0.25, 0.3) is 0 Å². The molecule has 0 unspecified atom stereocenters. The van der Waals surface area contributed by atoms with E-state index in [1.165, 1.54) is 9.80 Å². The molecule has 2 bridgehead atoms. The largest absolute Gasteiger partial charge is 0.274 e. The van der Waals surface area contributed by atoms with Gasteiger partial charge in [0.05, 0.1) is 35.0 Å². The lowest BCUT2D eigenvalue weighted by Gasteiger charge is -2.51. The van der Waals surface area contributed by atoms with Crippen LogP contribution in [0.2, 0.25) is 0 Å². The molecule has 6 nitrogen and oxygen atoms in total. The molecule has 1 saturated carbocycles. The normalized spacial score (nSPS) is 31.1. The Morgan fingerprint density at radius 2 is 1.19 bits per heavy atom. The fourth-order valence-corrected chi connectivity index (χ4v) is 8.56. The van der Waals surface area contributed by atoms with E-state index in [1.54, 1.807) is 0 Å². The number of rotatable bonds is 3. The van der Waals surface area contributed by atoms with Crippen molar-refractivity contribution < 1.29 is 19.2 Å². The first-order valence-electron chi connectivity index (χ1n) is 14.7. The molecule has 9 rings (SSSR count). The standard InChI is InChI=1S/C36H30N2O4/c1-19-8-6-12-22(16-19)37-33(39)27-18-26(21-10-4-3-5-11-21)28-24-14-15-25(29(28)32(27)36(37)42)31-30(24)34(40)38(35(31)41)23-13-7-9-20(2)17-23/h3-17,24-25,27,29-32H,18H2,1-2H3/t24-,25-,27+,29+,30-,31+,32-/m1/s1. The monoisotopic (exact) mass is 554 g/mol. The number of allylic oxidation sites excluding steroid dienone is 4. The lowest BCUT2D eigenvalue weighted by atomic mass is 9.49. The molecule has 4 aliphatic carbocycles. The van der Waals surface area contributed by atoms with Crippen molar-refractivity contribution in [2.45, 2.75) is 20.3 Å². The molecule has 208 valence electrons. The van der Waals surface area contributed by atoms with E-state index in [9.17, 15) is 19.2 Å². The van der Waals surface area contributed by atoms with E-state index < -0.39 is 23.7 Å². The Labute approximate surface area is 244 Å². The van der Waals surface area contributed by atoms with Crippen molar-refractivity contribution in [2.75, 3.05) is 9.80 Å². The van der Waals surface area contributed by atoms with Crippen LogP contribution in [0.4, 0.5) is 11.4 Å². The molecule has 3 fully saturated rings. The smallest absolute Gasteiger partial charge is 0.238 e. The third-order valence-corrected chi connectivity index (χ3v) is 10.2. The minimum absolute atomic E-state index is 0.175. The Bertz CT molecular complexity index is 1770. The van der Waals surface area contributed by atoms with E-state index in [0.717, 1.165) is 27.8 Å². The lowest BCUT2D eigenvalue weighted by Crippen LogP contribution is -2.51. The molecular weight excluding hydrogens is 524 g/mol. The van der Waals surface area contributed by atoms with Crippen molar-refractivity contribution in [3.8, 4) is 0 Å². The molecule has 2 aliphatic heterocycles. The SMILES string of the molecule is Cc1cccc(N2C(=O)[C@H]3[C@@H]4C=C[C@H](C5=C(c6ccccc6)C[C@@H]6C(=O)N(c7cccc(C)c7)C(=O)[C@H]6[C@H]54)[C@H]3C2=O)c1. The summed E-state index contributed by atoms with van der Waals surface area (Å²) in [7, 11) is 0. The average Bonchev–Trinajstić information content (AvgIpc) is 3.42. The first-order chi connectivity index (χ1) is 20.3. The van der Waals surface area contributed by atoms with Crippen LogP contribution >= 0.6 is 0 Å².